The van der Waals surface area contributed by atoms with Gasteiger partial charge in [-0.05, 0) is 22.0 Å². The highest BCUT2D eigenvalue weighted by Gasteiger charge is 2.15. The van der Waals surface area contributed by atoms with Gasteiger partial charge in [0.05, 0.1) is 18.0 Å². The molecule has 5 heteroatoms. The number of hydrogen-bond donors (Lipinski definition) is 0. The molecule has 0 saturated heterocycles. The first-order chi connectivity index (χ1) is 6.79. The largest absolute Gasteiger partial charge is 0.457 e. The summed E-state index contributed by atoms with van der Waals surface area (Å²) in [4.78, 5) is 19.5. The molecule has 0 atom stereocenters. The second kappa shape index (κ2) is 3.71. The Kier molecular flexibility index (Phi) is 2.41. The first kappa shape index (κ1) is 9.08. The third-order valence-electron chi connectivity index (χ3n) is 1.66. The van der Waals surface area contributed by atoms with E-state index < -0.39 is 0 Å². The standard InChI is InChI=1S/C9H5BrN2O2/c10-9-6(1-4-14-9)8(13)7-5-11-2-3-12-7/h1-5H. The van der Waals surface area contributed by atoms with Gasteiger partial charge in [0, 0.05) is 12.4 Å². The molecule has 0 spiro atoms. The first-order valence-corrected chi connectivity index (χ1v) is 4.62. The number of hydrogen-bond acceptors (Lipinski definition) is 4. The van der Waals surface area contributed by atoms with Crippen LogP contribution in [0.25, 0.3) is 0 Å². The fourth-order valence-electron chi connectivity index (χ4n) is 1.01. The van der Waals surface area contributed by atoms with Gasteiger partial charge in [0.2, 0.25) is 5.78 Å². The molecule has 0 aliphatic carbocycles. The fourth-order valence-corrected chi connectivity index (χ4v) is 1.43. The van der Waals surface area contributed by atoms with Gasteiger partial charge in [0.25, 0.3) is 0 Å². The lowest BCUT2D eigenvalue weighted by Gasteiger charge is -1.95. The van der Waals surface area contributed by atoms with Gasteiger partial charge >= 0.3 is 0 Å². The molecular formula is C9H5BrN2O2. The highest BCUT2D eigenvalue weighted by atomic mass is 79.9. The van der Waals surface area contributed by atoms with Gasteiger partial charge in [-0.2, -0.15) is 0 Å². The lowest BCUT2D eigenvalue weighted by atomic mass is 10.2. The molecule has 0 aliphatic rings. The molecule has 0 N–H and O–H groups in total. The summed E-state index contributed by atoms with van der Waals surface area (Å²) >= 11 is 3.13. The smallest absolute Gasteiger partial charge is 0.217 e. The summed E-state index contributed by atoms with van der Waals surface area (Å²) in [7, 11) is 0. The molecule has 0 radical (unpaired) electrons. The Labute approximate surface area is 88.1 Å². The molecule has 0 unspecified atom stereocenters. The third kappa shape index (κ3) is 1.58. The van der Waals surface area contributed by atoms with Crippen molar-refractivity contribution in [3.05, 3.63) is 46.8 Å². The number of halogens is 1. The number of nitrogens with zero attached hydrogens (tertiary/aromatic N) is 2. The molecule has 0 saturated carbocycles. The van der Waals surface area contributed by atoms with E-state index in [9.17, 15) is 4.79 Å². The van der Waals surface area contributed by atoms with Crippen molar-refractivity contribution in [2.24, 2.45) is 0 Å². The zero-order valence-electron chi connectivity index (χ0n) is 6.98. The minimum Gasteiger partial charge on any atom is -0.457 e. The van der Waals surface area contributed by atoms with E-state index in [0.29, 0.717) is 15.9 Å². The molecule has 4 nitrogen and oxygen atoms in total. The predicted octanol–water partition coefficient (Wildman–Crippen LogP) is 2.06. The minimum atomic E-state index is -0.210. The lowest BCUT2D eigenvalue weighted by molar-refractivity contribution is 0.103. The van der Waals surface area contributed by atoms with Crippen molar-refractivity contribution in [2.45, 2.75) is 0 Å². The zero-order chi connectivity index (χ0) is 9.97. The Bertz CT molecular complexity index is 453. The minimum absolute atomic E-state index is 0.210. The van der Waals surface area contributed by atoms with E-state index in [-0.39, 0.29) is 5.78 Å². The van der Waals surface area contributed by atoms with Crippen molar-refractivity contribution in [2.75, 3.05) is 0 Å². The third-order valence-corrected chi connectivity index (χ3v) is 2.27. The van der Waals surface area contributed by atoms with Gasteiger partial charge in [0.15, 0.2) is 4.67 Å². The van der Waals surface area contributed by atoms with Gasteiger partial charge in [-0.3, -0.25) is 9.78 Å². The SMILES string of the molecule is O=C(c1cnccn1)c1ccoc1Br. The number of carbonyl (C=O) groups excluding carboxylic acids is 1. The maximum Gasteiger partial charge on any atom is 0.217 e. The summed E-state index contributed by atoms with van der Waals surface area (Å²) in [6.07, 6.45) is 5.85. The molecule has 0 bridgehead atoms. The topological polar surface area (TPSA) is 56.0 Å². The van der Waals surface area contributed by atoms with Crippen LogP contribution in [0.1, 0.15) is 16.1 Å². The number of aromatic nitrogens is 2. The quantitative estimate of drug-likeness (QED) is 0.768. The van der Waals surface area contributed by atoms with Crippen LogP contribution in [0.3, 0.4) is 0 Å². The van der Waals surface area contributed by atoms with Crippen LogP contribution in [0, 0.1) is 0 Å². The highest BCUT2D eigenvalue weighted by Crippen LogP contribution is 2.19. The summed E-state index contributed by atoms with van der Waals surface area (Å²) in [5.41, 5.74) is 0.750. The average Bonchev–Trinajstić information content (AvgIpc) is 2.65. The Morgan fingerprint density at radius 3 is 2.86 bits per heavy atom. The Morgan fingerprint density at radius 2 is 2.29 bits per heavy atom. The molecule has 0 aliphatic heterocycles. The van der Waals surface area contributed by atoms with E-state index in [4.69, 9.17) is 4.42 Å². The number of rotatable bonds is 2. The molecule has 0 amide bonds. The van der Waals surface area contributed by atoms with Gasteiger partial charge in [0.1, 0.15) is 5.69 Å². The van der Waals surface area contributed by atoms with Gasteiger partial charge in [-0.1, -0.05) is 0 Å². The summed E-state index contributed by atoms with van der Waals surface area (Å²) in [5, 5.41) is 0. The zero-order valence-corrected chi connectivity index (χ0v) is 8.56. The number of ketones is 1. The summed E-state index contributed by atoms with van der Waals surface area (Å²) in [5.74, 6) is -0.210. The maximum absolute atomic E-state index is 11.7. The predicted molar refractivity (Wildman–Crippen MR) is 51.9 cm³/mol. The fraction of sp³-hybridized carbons (Fsp3) is 0. The molecule has 14 heavy (non-hydrogen) atoms. The van der Waals surface area contributed by atoms with Crippen LogP contribution in [0.15, 0.2) is 40.0 Å². The van der Waals surface area contributed by atoms with Crippen molar-refractivity contribution in [3.8, 4) is 0 Å². The molecular weight excluding hydrogens is 248 g/mol. The Balaban J connectivity index is 2.39. The van der Waals surface area contributed by atoms with Crippen LogP contribution >= 0.6 is 15.9 Å². The average molecular weight is 253 g/mol. The molecule has 2 aromatic rings. The monoisotopic (exact) mass is 252 g/mol. The van der Waals surface area contributed by atoms with Crippen molar-refractivity contribution in [1.29, 1.82) is 0 Å². The Hall–Kier alpha value is -1.49. The molecule has 2 heterocycles. The van der Waals surface area contributed by atoms with E-state index in [1.165, 1.54) is 24.9 Å². The van der Waals surface area contributed by atoms with E-state index >= 15 is 0 Å². The summed E-state index contributed by atoms with van der Waals surface area (Å²) < 4.78 is 5.37. The molecule has 2 aromatic heterocycles. The normalized spacial score (nSPS) is 10.1. The molecule has 2 rings (SSSR count). The van der Waals surface area contributed by atoms with E-state index in [1.807, 2.05) is 0 Å². The molecule has 0 fully saturated rings. The van der Waals surface area contributed by atoms with Crippen LogP contribution in [0.2, 0.25) is 0 Å². The second-order valence-electron chi connectivity index (χ2n) is 2.53. The van der Waals surface area contributed by atoms with Crippen LogP contribution in [-0.4, -0.2) is 15.8 Å². The van der Waals surface area contributed by atoms with Crippen molar-refractivity contribution in [3.63, 3.8) is 0 Å². The maximum atomic E-state index is 11.7. The summed E-state index contributed by atoms with van der Waals surface area (Å²) in [6.45, 7) is 0. The van der Waals surface area contributed by atoms with E-state index in [2.05, 4.69) is 25.9 Å². The van der Waals surface area contributed by atoms with Crippen molar-refractivity contribution in [1.82, 2.24) is 9.97 Å². The first-order valence-electron chi connectivity index (χ1n) is 3.83. The Morgan fingerprint density at radius 1 is 1.43 bits per heavy atom. The van der Waals surface area contributed by atoms with Crippen LogP contribution in [0.5, 0.6) is 0 Å². The highest BCUT2D eigenvalue weighted by molar-refractivity contribution is 9.10. The number of furan rings is 1. The van der Waals surface area contributed by atoms with E-state index in [0.717, 1.165) is 0 Å². The molecule has 70 valence electrons. The second-order valence-corrected chi connectivity index (χ2v) is 3.25. The van der Waals surface area contributed by atoms with Crippen LogP contribution in [0.4, 0.5) is 0 Å². The van der Waals surface area contributed by atoms with Crippen LogP contribution < -0.4 is 0 Å². The van der Waals surface area contributed by atoms with Gasteiger partial charge in [-0.15, -0.1) is 0 Å². The van der Waals surface area contributed by atoms with Crippen molar-refractivity contribution >= 4 is 21.7 Å². The summed E-state index contributed by atoms with van der Waals surface area (Å²) in [6, 6.07) is 1.58. The van der Waals surface area contributed by atoms with E-state index in [1.54, 1.807) is 6.07 Å². The molecule has 0 aromatic carbocycles. The van der Waals surface area contributed by atoms with Gasteiger partial charge < -0.3 is 4.42 Å². The number of carbonyl (C=O) groups is 1. The van der Waals surface area contributed by atoms with Crippen LogP contribution in [-0.2, 0) is 0 Å². The lowest BCUT2D eigenvalue weighted by Crippen LogP contribution is -2.03. The van der Waals surface area contributed by atoms with Crippen molar-refractivity contribution < 1.29 is 9.21 Å². The van der Waals surface area contributed by atoms with Gasteiger partial charge in [-0.25, -0.2) is 4.98 Å².